The predicted molar refractivity (Wildman–Crippen MR) is 81.0 cm³/mol. The van der Waals surface area contributed by atoms with Crippen molar-refractivity contribution in [1.29, 1.82) is 0 Å². The molecule has 1 atom stereocenters. The number of rotatable bonds is 4. The molecule has 1 aliphatic rings. The molecule has 6 heteroatoms. The number of aromatic nitrogens is 2. The van der Waals surface area contributed by atoms with Crippen molar-refractivity contribution in [2.45, 2.75) is 25.9 Å². The molecule has 2 aromatic rings. The second-order valence-electron chi connectivity index (χ2n) is 5.11. The summed E-state index contributed by atoms with van der Waals surface area (Å²) in [5, 5.41) is 4.52. The largest absolute Gasteiger partial charge is 0.455 e. The average molecular weight is 319 g/mol. The Balaban J connectivity index is 1.58. The molecule has 0 saturated heterocycles. The second-order valence-corrected chi connectivity index (χ2v) is 5.54. The number of halogens is 1. The summed E-state index contributed by atoms with van der Waals surface area (Å²) < 4.78 is 10.3. The van der Waals surface area contributed by atoms with Crippen LogP contribution in [0.5, 0.6) is 0 Å². The van der Waals surface area contributed by atoms with Gasteiger partial charge in [0, 0.05) is 10.6 Å². The van der Waals surface area contributed by atoms with E-state index < -0.39 is 0 Å². The van der Waals surface area contributed by atoms with Gasteiger partial charge in [0.2, 0.25) is 5.82 Å². The fraction of sp³-hybridized carbons (Fsp3) is 0.312. The highest BCUT2D eigenvalue weighted by atomic mass is 35.5. The Labute approximate surface area is 132 Å². The molecular weight excluding hydrogens is 304 g/mol. The molecule has 22 heavy (non-hydrogen) atoms. The van der Waals surface area contributed by atoms with Crippen molar-refractivity contribution in [2.24, 2.45) is 5.92 Å². The molecular formula is C16H15ClN2O3. The molecule has 5 nitrogen and oxygen atoms in total. The van der Waals surface area contributed by atoms with Crippen molar-refractivity contribution < 1.29 is 14.1 Å². The van der Waals surface area contributed by atoms with Gasteiger partial charge in [0.15, 0.2) is 6.61 Å². The van der Waals surface area contributed by atoms with Crippen LogP contribution in [0.3, 0.4) is 0 Å². The zero-order chi connectivity index (χ0) is 15.4. The summed E-state index contributed by atoms with van der Waals surface area (Å²) in [7, 11) is 0. The number of esters is 1. The van der Waals surface area contributed by atoms with Crippen LogP contribution in [0.15, 0.2) is 40.9 Å². The Hall–Kier alpha value is -2.14. The smallest absolute Gasteiger partial charge is 0.309 e. The standard InChI is InChI=1S/C16H15ClN2O3/c17-13-8-6-11(7-9-13)15-18-14(22-19-15)10-21-16(20)12-4-2-1-3-5-12/h1-2,6-9,12H,3-5,10H2/t12-/m1/s1. The summed E-state index contributed by atoms with van der Waals surface area (Å²) in [4.78, 5) is 16.1. The van der Waals surface area contributed by atoms with Crippen LogP contribution in [-0.2, 0) is 16.1 Å². The molecule has 1 heterocycles. The minimum Gasteiger partial charge on any atom is -0.455 e. The van der Waals surface area contributed by atoms with Crippen molar-refractivity contribution >= 4 is 17.6 Å². The second kappa shape index (κ2) is 6.75. The number of ether oxygens (including phenoxy) is 1. The number of hydrogen-bond donors (Lipinski definition) is 0. The average Bonchev–Trinajstić information content (AvgIpc) is 3.03. The molecule has 0 unspecified atom stereocenters. The highest BCUT2D eigenvalue weighted by Gasteiger charge is 2.21. The number of allylic oxidation sites excluding steroid dienone is 2. The van der Waals surface area contributed by atoms with E-state index in [1.54, 1.807) is 24.3 Å². The molecule has 0 fully saturated rings. The van der Waals surface area contributed by atoms with Gasteiger partial charge in [0.1, 0.15) is 0 Å². The monoisotopic (exact) mass is 318 g/mol. The van der Waals surface area contributed by atoms with Gasteiger partial charge in [-0.15, -0.1) is 0 Å². The fourth-order valence-electron chi connectivity index (χ4n) is 2.29. The molecule has 0 amide bonds. The maximum atomic E-state index is 11.9. The first kappa shape index (κ1) is 14.8. The van der Waals surface area contributed by atoms with Gasteiger partial charge >= 0.3 is 5.97 Å². The number of nitrogens with zero attached hydrogens (tertiary/aromatic N) is 2. The van der Waals surface area contributed by atoms with Gasteiger partial charge in [-0.1, -0.05) is 28.9 Å². The summed E-state index contributed by atoms with van der Waals surface area (Å²) in [6, 6.07) is 7.11. The molecule has 0 radical (unpaired) electrons. The first-order valence-corrected chi connectivity index (χ1v) is 7.50. The van der Waals surface area contributed by atoms with Crippen LogP contribution in [0.25, 0.3) is 11.4 Å². The SMILES string of the molecule is O=C(OCc1nc(-c2ccc(Cl)cc2)no1)[C@@H]1CC=CCC1. The van der Waals surface area contributed by atoms with E-state index in [0.717, 1.165) is 24.8 Å². The van der Waals surface area contributed by atoms with Crippen LogP contribution in [0.4, 0.5) is 0 Å². The van der Waals surface area contributed by atoms with Crippen molar-refractivity contribution in [3.05, 3.63) is 47.3 Å². The Kier molecular flexibility index (Phi) is 4.53. The Bertz CT molecular complexity index is 679. The number of carbonyl (C=O) groups excluding carboxylic acids is 1. The topological polar surface area (TPSA) is 65.2 Å². The predicted octanol–water partition coefficient (Wildman–Crippen LogP) is 3.79. The van der Waals surface area contributed by atoms with E-state index in [-0.39, 0.29) is 24.4 Å². The lowest BCUT2D eigenvalue weighted by Crippen LogP contribution is -2.18. The van der Waals surface area contributed by atoms with Gasteiger partial charge in [-0.25, -0.2) is 0 Å². The molecule has 0 aliphatic heterocycles. The van der Waals surface area contributed by atoms with Crippen LogP contribution in [0, 0.1) is 5.92 Å². The first-order valence-electron chi connectivity index (χ1n) is 7.12. The summed E-state index contributed by atoms with van der Waals surface area (Å²) in [6.45, 7) is -0.000360. The van der Waals surface area contributed by atoms with Crippen LogP contribution in [0.2, 0.25) is 5.02 Å². The molecule has 0 saturated carbocycles. The highest BCUT2D eigenvalue weighted by Crippen LogP contribution is 2.21. The van der Waals surface area contributed by atoms with Crippen molar-refractivity contribution in [3.63, 3.8) is 0 Å². The maximum Gasteiger partial charge on any atom is 0.309 e. The van der Waals surface area contributed by atoms with E-state index >= 15 is 0 Å². The molecule has 1 aromatic carbocycles. The lowest BCUT2D eigenvalue weighted by molar-refractivity contribution is -0.150. The van der Waals surface area contributed by atoms with Gasteiger partial charge in [-0.3, -0.25) is 4.79 Å². The Morgan fingerprint density at radius 3 is 2.86 bits per heavy atom. The van der Waals surface area contributed by atoms with Crippen LogP contribution >= 0.6 is 11.6 Å². The molecule has 0 N–H and O–H groups in total. The zero-order valence-corrected chi connectivity index (χ0v) is 12.6. The van der Waals surface area contributed by atoms with Gasteiger partial charge < -0.3 is 9.26 Å². The lowest BCUT2D eigenvalue weighted by atomic mass is 9.95. The van der Waals surface area contributed by atoms with Gasteiger partial charge in [0.25, 0.3) is 5.89 Å². The molecule has 0 bridgehead atoms. The Morgan fingerprint density at radius 2 is 2.14 bits per heavy atom. The van der Waals surface area contributed by atoms with Gasteiger partial charge in [0.05, 0.1) is 5.92 Å². The molecule has 114 valence electrons. The third-order valence-corrected chi connectivity index (χ3v) is 3.76. The molecule has 1 aliphatic carbocycles. The van der Waals surface area contributed by atoms with Gasteiger partial charge in [-0.2, -0.15) is 4.98 Å². The minimum atomic E-state index is -0.212. The molecule has 1 aromatic heterocycles. The van der Waals surface area contributed by atoms with Crippen molar-refractivity contribution in [2.75, 3.05) is 0 Å². The zero-order valence-electron chi connectivity index (χ0n) is 11.9. The van der Waals surface area contributed by atoms with Crippen LogP contribution in [-0.4, -0.2) is 16.1 Å². The third kappa shape index (κ3) is 3.54. The fourth-order valence-corrected chi connectivity index (χ4v) is 2.41. The summed E-state index contributed by atoms with van der Waals surface area (Å²) in [5.74, 6) is 0.451. The van der Waals surface area contributed by atoms with Crippen molar-refractivity contribution in [1.82, 2.24) is 10.1 Å². The highest BCUT2D eigenvalue weighted by molar-refractivity contribution is 6.30. The maximum absolute atomic E-state index is 11.9. The van der Waals surface area contributed by atoms with E-state index in [1.165, 1.54) is 0 Å². The van der Waals surface area contributed by atoms with Crippen molar-refractivity contribution in [3.8, 4) is 11.4 Å². The lowest BCUT2D eigenvalue weighted by Gasteiger charge is -2.15. The van der Waals surface area contributed by atoms with E-state index in [9.17, 15) is 4.79 Å². The van der Waals surface area contributed by atoms with E-state index in [1.807, 2.05) is 6.08 Å². The van der Waals surface area contributed by atoms with E-state index in [0.29, 0.717) is 10.8 Å². The number of benzene rings is 1. The third-order valence-electron chi connectivity index (χ3n) is 3.51. The first-order chi connectivity index (χ1) is 10.7. The number of carbonyl (C=O) groups is 1. The molecule has 3 rings (SSSR count). The van der Waals surface area contributed by atoms with Crippen LogP contribution in [0.1, 0.15) is 25.2 Å². The summed E-state index contributed by atoms with van der Waals surface area (Å²) >= 11 is 5.84. The normalized spacial score (nSPS) is 17.4. The van der Waals surface area contributed by atoms with E-state index in [2.05, 4.69) is 16.2 Å². The number of hydrogen-bond acceptors (Lipinski definition) is 5. The summed E-state index contributed by atoms with van der Waals surface area (Å²) in [6.07, 6.45) is 6.58. The quantitative estimate of drug-likeness (QED) is 0.634. The molecule has 0 spiro atoms. The minimum absolute atomic E-state index is 0.000360. The van der Waals surface area contributed by atoms with Crippen LogP contribution < -0.4 is 0 Å². The Morgan fingerprint density at radius 1 is 1.32 bits per heavy atom. The summed E-state index contributed by atoms with van der Waals surface area (Å²) in [5.41, 5.74) is 0.795. The van der Waals surface area contributed by atoms with E-state index in [4.69, 9.17) is 20.9 Å². The van der Waals surface area contributed by atoms with Gasteiger partial charge in [-0.05, 0) is 43.5 Å².